The summed E-state index contributed by atoms with van der Waals surface area (Å²) < 4.78 is 0. The number of carboxylic acids is 1. The van der Waals surface area contributed by atoms with Gasteiger partial charge in [-0.1, -0.05) is 0 Å². The summed E-state index contributed by atoms with van der Waals surface area (Å²) in [5, 5.41) is 8.05. The van der Waals surface area contributed by atoms with Crippen LogP contribution in [-0.2, 0) is 4.79 Å². The van der Waals surface area contributed by atoms with Gasteiger partial charge in [-0.2, -0.15) is 0 Å². The maximum Gasteiger partial charge on any atom is 0.303 e. The number of aliphatic carboxylic acids is 1. The Morgan fingerprint density at radius 2 is 2.38 bits per heavy atom. The van der Waals surface area contributed by atoms with Crippen molar-refractivity contribution in [2.75, 3.05) is 0 Å². The van der Waals surface area contributed by atoms with Gasteiger partial charge in [0, 0.05) is 6.42 Å². The van der Waals surface area contributed by atoms with Gasteiger partial charge >= 0.3 is 5.97 Å². The van der Waals surface area contributed by atoms with E-state index >= 15 is 0 Å². The molecule has 0 aromatic rings. The molecule has 3 nitrogen and oxygen atoms in total. The van der Waals surface area contributed by atoms with Gasteiger partial charge in [0.1, 0.15) is 0 Å². The summed E-state index contributed by atoms with van der Waals surface area (Å²) in [4.78, 5) is 9.79. The van der Waals surface area contributed by atoms with Gasteiger partial charge in [0.15, 0.2) is 0 Å². The zero-order valence-electron chi connectivity index (χ0n) is 4.30. The van der Waals surface area contributed by atoms with Gasteiger partial charge < -0.3 is 10.8 Å². The SMILES string of the molecule is N[C@@H](Cl)CCC(=O)O. The predicted octanol–water partition coefficient (Wildman–Crippen LogP) is 0.375. The first-order chi connectivity index (χ1) is 3.63. The van der Waals surface area contributed by atoms with Gasteiger partial charge in [-0.3, -0.25) is 4.79 Å². The van der Waals surface area contributed by atoms with Crippen LogP contribution in [0.2, 0.25) is 0 Å². The molecule has 0 spiro atoms. The summed E-state index contributed by atoms with van der Waals surface area (Å²) in [7, 11) is 0. The second-order valence-electron chi connectivity index (χ2n) is 1.45. The Morgan fingerprint density at radius 1 is 1.88 bits per heavy atom. The van der Waals surface area contributed by atoms with E-state index in [1.807, 2.05) is 0 Å². The highest BCUT2D eigenvalue weighted by Gasteiger charge is 1.99. The van der Waals surface area contributed by atoms with Crippen LogP contribution in [0.1, 0.15) is 12.8 Å². The number of carbonyl (C=O) groups is 1. The van der Waals surface area contributed by atoms with Crippen LogP contribution >= 0.6 is 11.6 Å². The molecule has 4 heteroatoms. The number of rotatable bonds is 3. The van der Waals surface area contributed by atoms with Crippen molar-refractivity contribution in [3.63, 3.8) is 0 Å². The average Bonchev–Trinajstić information content (AvgIpc) is 1.61. The first kappa shape index (κ1) is 7.72. The molecular weight excluding hydrogens is 130 g/mol. The molecule has 0 aliphatic heterocycles. The summed E-state index contributed by atoms with van der Waals surface area (Å²) in [5.74, 6) is -0.860. The van der Waals surface area contributed by atoms with Gasteiger partial charge in [-0.25, -0.2) is 0 Å². The lowest BCUT2D eigenvalue weighted by atomic mass is 10.3. The zero-order valence-corrected chi connectivity index (χ0v) is 5.06. The van der Waals surface area contributed by atoms with Gasteiger partial charge in [-0.05, 0) is 6.42 Å². The number of alkyl halides is 1. The van der Waals surface area contributed by atoms with Crippen LogP contribution in [0.3, 0.4) is 0 Å². The second kappa shape index (κ2) is 3.69. The van der Waals surface area contributed by atoms with Crippen LogP contribution in [-0.4, -0.2) is 16.6 Å². The molecule has 0 radical (unpaired) electrons. The van der Waals surface area contributed by atoms with E-state index < -0.39 is 11.5 Å². The molecule has 0 aromatic heterocycles. The lowest BCUT2D eigenvalue weighted by molar-refractivity contribution is -0.137. The number of nitrogens with two attached hydrogens (primary N) is 1. The molecule has 8 heavy (non-hydrogen) atoms. The van der Waals surface area contributed by atoms with Crippen molar-refractivity contribution in [3.8, 4) is 0 Å². The van der Waals surface area contributed by atoms with Crippen molar-refractivity contribution in [2.24, 2.45) is 5.73 Å². The smallest absolute Gasteiger partial charge is 0.303 e. The topological polar surface area (TPSA) is 63.3 Å². The summed E-state index contributed by atoms with van der Waals surface area (Å²) in [6.45, 7) is 0. The monoisotopic (exact) mass is 137 g/mol. The molecule has 0 aliphatic rings. The highest BCUT2D eigenvalue weighted by atomic mass is 35.5. The van der Waals surface area contributed by atoms with Crippen molar-refractivity contribution in [1.82, 2.24) is 0 Å². The molecule has 0 unspecified atom stereocenters. The molecule has 48 valence electrons. The summed E-state index contributed by atoms with van der Waals surface area (Å²) in [5.41, 5.74) is 4.52. The number of halogens is 1. The van der Waals surface area contributed by atoms with E-state index in [9.17, 15) is 4.79 Å². The van der Waals surface area contributed by atoms with E-state index in [0.717, 1.165) is 0 Å². The average molecular weight is 138 g/mol. The molecule has 0 fully saturated rings. The molecule has 1 atom stereocenters. The molecule has 0 aromatic carbocycles. The fraction of sp³-hybridized carbons (Fsp3) is 0.750. The van der Waals surface area contributed by atoms with Crippen molar-refractivity contribution in [2.45, 2.75) is 18.3 Å². The van der Waals surface area contributed by atoms with E-state index in [4.69, 9.17) is 22.4 Å². The Hall–Kier alpha value is -0.280. The van der Waals surface area contributed by atoms with Crippen LogP contribution in [0.5, 0.6) is 0 Å². The molecule has 0 bridgehead atoms. The molecule has 0 rings (SSSR count). The van der Waals surface area contributed by atoms with Crippen LogP contribution in [0.25, 0.3) is 0 Å². The number of hydrogen-bond acceptors (Lipinski definition) is 2. The van der Waals surface area contributed by atoms with E-state index in [1.54, 1.807) is 0 Å². The Morgan fingerprint density at radius 3 is 2.50 bits per heavy atom. The Balaban J connectivity index is 3.05. The van der Waals surface area contributed by atoms with Gasteiger partial charge in [-0.15, -0.1) is 11.6 Å². The van der Waals surface area contributed by atoms with Crippen LogP contribution in [0.4, 0.5) is 0 Å². The standard InChI is InChI=1S/C4H8ClNO2/c5-3(6)1-2-4(7)8/h3H,1-2,6H2,(H,7,8)/t3-/m1/s1. The van der Waals surface area contributed by atoms with Crippen molar-refractivity contribution >= 4 is 17.6 Å². The lowest BCUT2D eigenvalue weighted by Crippen LogP contribution is -2.12. The number of hydrogen-bond donors (Lipinski definition) is 2. The normalized spacial score (nSPS) is 13.2. The molecule has 0 amide bonds. The van der Waals surface area contributed by atoms with Gasteiger partial charge in [0.25, 0.3) is 0 Å². The summed E-state index contributed by atoms with van der Waals surface area (Å²) in [6.07, 6.45) is 0.377. The summed E-state index contributed by atoms with van der Waals surface area (Å²) >= 11 is 5.24. The highest BCUT2D eigenvalue weighted by molar-refractivity contribution is 6.20. The molecule has 3 N–H and O–H groups in total. The maximum absolute atomic E-state index is 9.79. The summed E-state index contributed by atoms with van der Waals surface area (Å²) in [6, 6.07) is 0. The number of carboxylic acid groups (broad SMARTS) is 1. The van der Waals surface area contributed by atoms with Crippen LogP contribution in [0, 0.1) is 0 Å². The van der Waals surface area contributed by atoms with E-state index in [0.29, 0.717) is 6.42 Å². The van der Waals surface area contributed by atoms with Crippen LogP contribution < -0.4 is 5.73 Å². The van der Waals surface area contributed by atoms with Crippen molar-refractivity contribution in [3.05, 3.63) is 0 Å². The minimum Gasteiger partial charge on any atom is -0.481 e. The highest BCUT2D eigenvalue weighted by Crippen LogP contribution is 1.96. The fourth-order valence-electron chi connectivity index (χ4n) is 0.261. The molecular formula is C4H8ClNO2. The minimum absolute atomic E-state index is 0.0463. The Labute approximate surface area is 52.4 Å². The lowest BCUT2D eigenvalue weighted by Gasteiger charge is -1.96. The first-order valence-electron chi connectivity index (χ1n) is 2.24. The first-order valence-corrected chi connectivity index (χ1v) is 2.68. The Kier molecular flexibility index (Phi) is 3.56. The molecule has 0 saturated carbocycles. The third-order valence-corrected chi connectivity index (χ3v) is 0.852. The zero-order chi connectivity index (χ0) is 6.57. The fourth-order valence-corrected chi connectivity index (χ4v) is 0.370. The maximum atomic E-state index is 9.79. The largest absolute Gasteiger partial charge is 0.481 e. The van der Waals surface area contributed by atoms with Gasteiger partial charge in [0.05, 0.1) is 5.50 Å². The van der Waals surface area contributed by atoms with E-state index in [-0.39, 0.29) is 6.42 Å². The van der Waals surface area contributed by atoms with E-state index in [2.05, 4.69) is 0 Å². The molecule has 0 aliphatic carbocycles. The third-order valence-electron chi connectivity index (χ3n) is 0.634. The minimum atomic E-state index is -0.860. The van der Waals surface area contributed by atoms with E-state index in [1.165, 1.54) is 0 Å². The van der Waals surface area contributed by atoms with Crippen LogP contribution in [0.15, 0.2) is 0 Å². The quantitative estimate of drug-likeness (QED) is 0.437. The van der Waals surface area contributed by atoms with Crippen molar-refractivity contribution in [1.29, 1.82) is 0 Å². The molecule has 0 heterocycles. The van der Waals surface area contributed by atoms with Gasteiger partial charge in [0.2, 0.25) is 0 Å². The predicted molar refractivity (Wildman–Crippen MR) is 30.7 cm³/mol. The van der Waals surface area contributed by atoms with Crippen molar-refractivity contribution < 1.29 is 9.90 Å². The third kappa shape index (κ3) is 5.72. The Bertz CT molecular complexity index is 84.1. The second-order valence-corrected chi connectivity index (χ2v) is 2.01. The molecule has 0 saturated heterocycles.